The Labute approximate surface area is 153 Å². The number of carbonyl (C=O) groups excluding carboxylic acids is 1. The van der Waals surface area contributed by atoms with Gasteiger partial charge in [0.1, 0.15) is 5.60 Å². The van der Waals surface area contributed by atoms with Crippen LogP contribution in [0.3, 0.4) is 0 Å². The Bertz CT molecular complexity index is 408. The number of rotatable bonds is 5. The van der Waals surface area contributed by atoms with Gasteiger partial charge in [-0.25, -0.2) is 4.79 Å². The van der Waals surface area contributed by atoms with Crippen LogP contribution >= 0.6 is 0 Å². The number of nitrogens with zero attached hydrogens (tertiary/aromatic N) is 3. The average molecular weight is 355 g/mol. The van der Waals surface area contributed by atoms with Crippen molar-refractivity contribution in [1.82, 2.24) is 20.0 Å². The molecule has 0 saturated carbocycles. The van der Waals surface area contributed by atoms with Crippen LogP contribution in [0.25, 0.3) is 0 Å². The first-order valence-corrected chi connectivity index (χ1v) is 9.93. The van der Waals surface area contributed by atoms with Crippen LogP contribution < -0.4 is 5.32 Å². The van der Waals surface area contributed by atoms with Gasteiger partial charge in [-0.3, -0.25) is 9.80 Å². The molecule has 0 aromatic rings. The van der Waals surface area contributed by atoms with Gasteiger partial charge in [0.05, 0.1) is 0 Å². The van der Waals surface area contributed by atoms with Gasteiger partial charge in [-0.15, -0.1) is 0 Å². The van der Waals surface area contributed by atoms with Gasteiger partial charge >= 0.3 is 6.09 Å². The predicted octanol–water partition coefficient (Wildman–Crippen LogP) is 2.00. The molecule has 2 saturated heterocycles. The van der Waals surface area contributed by atoms with E-state index in [1.807, 2.05) is 25.7 Å². The molecule has 6 nitrogen and oxygen atoms in total. The molecule has 0 radical (unpaired) electrons. The van der Waals surface area contributed by atoms with E-state index in [9.17, 15) is 4.79 Å². The van der Waals surface area contributed by atoms with E-state index in [1.165, 1.54) is 0 Å². The highest BCUT2D eigenvalue weighted by atomic mass is 16.6. The Morgan fingerprint density at radius 1 is 1.16 bits per heavy atom. The first kappa shape index (κ1) is 20.5. The summed E-state index contributed by atoms with van der Waals surface area (Å²) in [4.78, 5) is 19.7. The topological polar surface area (TPSA) is 48.0 Å². The van der Waals surface area contributed by atoms with Crippen LogP contribution in [0.15, 0.2) is 0 Å². The molecular formula is C19H38N4O2. The van der Waals surface area contributed by atoms with Crippen LogP contribution in [0.2, 0.25) is 0 Å². The molecule has 0 unspecified atom stereocenters. The Hall–Kier alpha value is -0.850. The molecule has 2 rings (SSSR count). The van der Waals surface area contributed by atoms with Crippen molar-refractivity contribution in [3.8, 4) is 0 Å². The summed E-state index contributed by atoms with van der Waals surface area (Å²) in [5.74, 6) is 0. The molecule has 2 aliphatic heterocycles. The lowest BCUT2D eigenvalue weighted by molar-refractivity contribution is 0.00890. The summed E-state index contributed by atoms with van der Waals surface area (Å²) >= 11 is 0. The molecule has 0 aliphatic carbocycles. The fourth-order valence-electron chi connectivity index (χ4n) is 3.61. The van der Waals surface area contributed by atoms with Crippen molar-refractivity contribution in [2.75, 3.05) is 52.4 Å². The molecule has 1 N–H and O–H groups in total. The number of amides is 1. The van der Waals surface area contributed by atoms with Gasteiger partial charge in [-0.05, 0) is 60.5 Å². The van der Waals surface area contributed by atoms with E-state index in [2.05, 4.69) is 29.0 Å². The normalized spacial score (nSPS) is 21.5. The molecule has 0 atom stereocenters. The Balaban J connectivity index is 1.88. The van der Waals surface area contributed by atoms with Crippen molar-refractivity contribution in [2.45, 2.75) is 65.1 Å². The molecule has 0 aromatic heterocycles. The number of nitrogens with one attached hydrogen (secondary N) is 1. The van der Waals surface area contributed by atoms with Gasteiger partial charge in [0, 0.05) is 51.4 Å². The summed E-state index contributed by atoms with van der Waals surface area (Å²) < 4.78 is 5.68. The SMILES string of the molecule is CC(C)N1CCN(CCN(C(=O)OC(C)(C)C)C2CCNCC2)CC1. The second-order valence-electron chi connectivity index (χ2n) is 8.63. The number of ether oxygens (including phenoxy) is 1. The minimum atomic E-state index is -0.439. The highest BCUT2D eigenvalue weighted by Crippen LogP contribution is 2.17. The fourth-order valence-corrected chi connectivity index (χ4v) is 3.61. The van der Waals surface area contributed by atoms with E-state index < -0.39 is 5.60 Å². The quantitative estimate of drug-likeness (QED) is 0.818. The van der Waals surface area contributed by atoms with Crippen LogP contribution in [0.1, 0.15) is 47.5 Å². The van der Waals surface area contributed by atoms with Gasteiger partial charge < -0.3 is 15.0 Å². The molecule has 2 heterocycles. The third-order valence-electron chi connectivity index (χ3n) is 5.17. The van der Waals surface area contributed by atoms with Crippen molar-refractivity contribution in [1.29, 1.82) is 0 Å². The average Bonchev–Trinajstić information content (AvgIpc) is 2.55. The lowest BCUT2D eigenvalue weighted by atomic mass is 10.1. The lowest BCUT2D eigenvalue weighted by Gasteiger charge is -2.39. The van der Waals surface area contributed by atoms with E-state index >= 15 is 0 Å². The summed E-state index contributed by atoms with van der Waals surface area (Å²) in [6.45, 7) is 18.4. The van der Waals surface area contributed by atoms with Crippen molar-refractivity contribution in [2.24, 2.45) is 0 Å². The van der Waals surface area contributed by atoms with E-state index in [-0.39, 0.29) is 6.09 Å². The number of piperazine rings is 1. The van der Waals surface area contributed by atoms with Crippen molar-refractivity contribution < 1.29 is 9.53 Å². The van der Waals surface area contributed by atoms with Crippen molar-refractivity contribution in [3.05, 3.63) is 0 Å². The van der Waals surface area contributed by atoms with E-state index in [0.717, 1.165) is 65.2 Å². The Morgan fingerprint density at radius 2 is 1.76 bits per heavy atom. The summed E-state index contributed by atoms with van der Waals surface area (Å²) in [5.41, 5.74) is -0.439. The summed E-state index contributed by atoms with van der Waals surface area (Å²) in [6.07, 6.45) is 1.88. The van der Waals surface area contributed by atoms with Gasteiger partial charge in [-0.2, -0.15) is 0 Å². The number of carbonyl (C=O) groups is 1. The van der Waals surface area contributed by atoms with Gasteiger partial charge in [0.25, 0.3) is 0 Å². The smallest absolute Gasteiger partial charge is 0.410 e. The minimum Gasteiger partial charge on any atom is -0.444 e. The third-order valence-corrected chi connectivity index (χ3v) is 5.17. The third kappa shape index (κ3) is 6.76. The van der Waals surface area contributed by atoms with Crippen LogP contribution in [-0.4, -0.2) is 90.8 Å². The van der Waals surface area contributed by atoms with Crippen molar-refractivity contribution >= 4 is 6.09 Å². The minimum absolute atomic E-state index is 0.153. The monoisotopic (exact) mass is 354 g/mol. The molecule has 1 amide bonds. The molecule has 0 aromatic carbocycles. The second kappa shape index (κ2) is 9.19. The molecule has 0 bridgehead atoms. The standard InChI is InChI=1S/C19H38N4O2/c1-16(2)22-13-10-21(11-14-22)12-15-23(17-6-8-20-9-7-17)18(24)25-19(3,4)5/h16-17,20H,6-15H2,1-5H3. The highest BCUT2D eigenvalue weighted by molar-refractivity contribution is 5.68. The second-order valence-corrected chi connectivity index (χ2v) is 8.63. The molecule has 25 heavy (non-hydrogen) atoms. The van der Waals surface area contributed by atoms with Crippen LogP contribution in [0.4, 0.5) is 4.79 Å². The number of hydrogen-bond donors (Lipinski definition) is 1. The molecule has 2 aliphatic rings. The van der Waals surface area contributed by atoms with E-state index in [0.29, 0.717) is 12.1 Å². The largest absolute Gasteiger partial charge is 0.444 e. The predicted molar refractivity (Wildman–Crippen MR) is 102 cm³/mol. The maximum Gasteiger partial charge on any atom is 0.410 e. The van der Waals surface area contributed by atoms with Crippen molar-refractivity contribution in [3.63, 3.8) is 0 Å². The number of hydrogen-bond acceptors (Lipinski definition) is 5. The van der Waals surface area contributed by atoms with Gasteiger partial charge in [0.15, 0.2) is 0 Å². The first-order valence-electron chi connectivity index (χ1n) is 9.93. The highest BCUT2D eigenvalue weighted by Gasteiger charge is 2.30. The maximum atomic E-state index is 12.7. The summed E-state index contributed by atoms with van der Waals surface area (Å²) in [7, 11) is 0. The first-order chi connectivity index (χ1) is 11.8. The Kier molecular flexibility index (Phi) is 7.52. The van der Waals surface area contributed by atoms with Gasteiger partial charge in [-0.1, -0.05) is 0 Å². The lowest BCUT2D eigenvalue weighted by Crippen LogP contribution is -2.53. The van der Waals surface area contributed by atoms with E-state index in [1.54, 1.807) is 0 Å². The Morgan fingerprint density at radius 3 is 2.28 bits per heavy atom. The zero-order valence-electron chi connectivity index (χ0n) is 16.9. The van der Waals surface area contributed by atoms with Crippen LogP contribution in [0, 0.1) is 0 Å². The molecule has 6 heteroatoms. The summed E-state index contributed by atoms with van der Waals surface area (Å²) in [6, 6.07) is 0.920. The number of piperidine rings is 1. The molecule has 0 spiro atoms. The van der Waals surface area contributed by atoms with Gasteiger partial charge in [0.2, 0.25) is 0 Å². The maximum absolute atomic E-state index is 12.7. The van der Waals surface area contributed by atoms with Crippen LogP contribution in [0.5, 0.6) is 0 Å². The molecular weight excluding hydrogens is 316 g/mol. The van der Waals surface area contributed by atoms with E-state index in [4.69, 9.17) is 4.74 Å². The molecule has 146 valence electrons. The molecule has 2 fully saturated rings. The summed E-state index contributed by atoms with van der Waals surface area (Å²) in [5, 5.41) is 3.38. The zero-order valence-corrected chi connectivity index (χ0v) is 16.9. The fraction of sp³-hybridized carbons (Fsp3) is 0.947. The zero-order chi connectivity index (χ0) is 18.4. The van der Waals surface area contributed by atoms with Crippen LogP contribution in [-0.2, 0) is 4.74 Å².